The SMILES string of the molecule is CN1/C(=C/c2cc[n+](CCCCCCCSP(=O)(O)OC[C@H]3O[C@@H](n4ccc(N)nc4=O)CC3OP(=O)(O)OC[C@H]3O[C@@H](n4cnc5c(N)ncnc54)C[C@@H]3O)c3ccccc23)Sc2ccccc21. The van der Waals surface area contributed by atoms with Crippen molar-refractivity contribution in [3.63, 3.8) is 0 Å². The first-order chi connectivity index (χ1) is 33.2. The largest absolute Gasteiger partial charge is 0.472 e. The summed E-state index contributed by atoms with van der Waals surface area (Å²) in [6.07, 6.45) is 6.43. The normalized spacial score (nSPS) is 23.8. The number of aromatic nitrogens is 7. The molecule has 0 radical (unpaired) electrons. The Labute approximate surface area is 404 Å². The molecule has 3 aliphatic rings. The fourth-order valence-electron chi connectivity index (χ4n) is 8.57. The number of para-hydroxylation sites is 2. The molecule has 21 nitrogen and oxygen atoms in total. The van der Waals surface area contributed by atoms with Gasteiger partial charge in [-0.25, -0.2) is 28.9 Å². The number of anilines is 3. The van der Waals surface area contributed by atoms with E-state index in [1.54, 1.807) is 16.3 Å². The Morgan fingerprint density at radius 2 is 1.67 bits per heavy atom. The van der Waals surface area contributed by atoms with Crippen LogP contribution in [0.25, 0.3) is 28.1 Å². The van der Waals surface area contributed by atoms with Crippen molar-refractivity contribution in [3.05, 3.63) is 107 Å². The number of unbranched alkanes of at least 4 members (excludes halogenated alkanes) is 4. The number of rotatable bonds is 20. The van der Waals surface area contributed by atoms with Gasteiger partial charge in [-0.1, -0.05) is 48.9 Å². The highest BCUT2D eigenvalue weighted by molar-refractivity contribution is 8.54. The molecule has 8 atom stereocenters. The van der Waals surface area contributed by atoms with Gasteiger partial charge in [0.2, 0.25) is 5.52 Å². The van der Waals surface area contributed by atoms with E-state index in [0.29, 0.717) is 23.3 Å². The lowest BCUT2D eigenvalue weighted by Crippen LogP contribution is -2.34. The van der Waals surface area contributed by atoms with Gasteiger partial charge in [0.1, 0.15) is 55.0 Å². The van der Waals surface area contributed by atoms with E-state index >= 15 is 0 Å². The lowest BCUT2D eigenvalue weighted by Gasteiger charge is -2.23. The fourth-order valence-corrected chi connectivity index (χ4v) is 13.1. The van der Waals surface area contributed by atoms with Gasteiger partial charge in [0.15, 0.2) is 17.7 Å². The number of nitrogens with zero attached hydrogens (tertiary/aromatic N) is 8. The van der Waals surface area contributed by atoms with Crippen molar-refractivity contribution in [1.82, 2.24) is 29.1 Å². The minimum atomic E-state index is -4.91. The molecule has 3 unspecified atom stereocenters. The zero-order valence-corrected chi connectivity index (χ0v) is 40.9. The molecule has 0 spiro atoms. The number of aryl methyl sites for hydroxylation is 1. The van der Waals surface area contributed by atoms with Crippen molar-refractivity contribution in [1.29, 1.82) is 0 Å². The molecule has 2 fully saturated rings. The van der Waals surface area contributed by atoms with Crippen molar-refractivity contribution < 1.29 is 51.6 Å². The van der Waals surface area contributed by atoms with Crippen LogP contribution in [0.5, 0.6) is 0 Å². The third-order valence-electron chi connectivity index (χ3n) is 12.1. The van der Waals surface area contributed by atoms with Gasteiger partial charge in [-0.05, 0) is 60.1 Å². The minimum absolute atomic E-state index is 0.0210. The fraction of sp³-hybridized carbons (Fsp3) is 0.409. The Hall–Kier alpha value is -4.74. The first kappa shape index (κ1) is 49.2. The molecule has 0 aliphatic carbocycles. The number of nitrogens with two attached hydrogens (primary N) is 2. The van der Waals surface area contributed by atoms with Gasteiger partial charge in [-0.3, -0.25) is 22.7 Å². The summed E-state index contributed by atoms with van der Waals surface area (Å²) in [4.78, 5) is 53.9. The minimum Gasteiger partial charge on any atom is -0.390 e. The van der Waals surface area contributed by atoms with Crippen LogP contribution in [0, 0.1) is 0 Å². The second kappa shape index (κ2) is 21.3. The number of nitrogen functional groups attached to an aromatic ring is 2. The molecule has 6 aromatic rings. The van der Waals surface area contributed by atoms with E-state index in [4.69, 9.17) is 34.5 Å². The third kappa shape index (κ3) is 11.6. The van der Waals surface area contributed by atoms with E-state index in [1.165, 1.54) is 57.0 Å². The number of hydrogen-bond donors (Lipinski definition) is 5. The summed E-state index contributed by atoms with van der Waals surface area (Å²) < 4.78 is 59.8. The monoisotopic (exact) mass is 1020 g/mol. The number of phosphoric acid groups is 1. The number of fused-ring (bicyclic) bond motifs is 3. The summed E-state index contributed by atoms with van der Waals surface area (Å²) in [6, 6.07) is 20.4. The van der Waals surface area contributed by atoms with Crippen LogP contribution in [0.4, 0.5) is 17.3 Å². The van der Waals surface area contributed by atoms with Crippen LogP contribution in [-0.4, -0.2) is 94.4 Å². The van der Waals surface area contributed by atoms with Gasteiger partial charge in [0.25, 0.3) is 0 Å². The molecule has 2 aromatic carbocycles. The second-order valence-corrected chi connectivity index (χ2v) is 23.3. The van der Waals surface area contributed by atoms with Gasteiger partial charge in [0, 0.05) is 55.3 Å². The summed E-state index contributed by atoms with van der Waals surface area (Å²) in [7, 11) is -2.81. The van der Waals surface area contributed by atoms with Gasteiger partial charge in [-0.2, -0.15) is 9.55 Å². The predicted molar refractivity (Wildman–Crippen MR) is 260 cm³/mol. The van der Waals surface area contributed by atoms with Crippen LogP contribution >= 0.6 is 37.8 Å². The van der Waals surface area contributed by atoms with Crippen LogP contribution in [0.3, 0.4) is 0 Å². The number of pyridine rings is 1. The molecule has 0 amide bonds. The van der Waals surface area contributed by atoms with E-state index in [1.807, 2.05) is 0 Å². The lowest BCUT2D eigenvalue weighted by molar-refractivity contribution is -0.671. The maximum Gasteiger partial charge on any atom is 0.472 e. The molecule has 7 heterocycles. The number of benzene rings is 2. The Morgan fingerprint density at radius 1 is 0.913 bits per heavy atom. The molecular formula is C44H53N10O11P2S2+. The molecule has 0 saturated carbocycles. The van der Waals surface area contributed by atoms with Crippen LogP contribution in [-0.2, 0) is 38.7 Å². The van der Waals surface area contributed by atoms with Gasteiger partial charge in [-0.15, -0.1) is 0 Å². The zero-order chi connectivity index (χ0) is 48.3. The highest BCUT2D eigenvalue weighted by atomic mass is 32.7. The average Bonchev–Trinajstić information content (AvgIpc) is 4.11. The molecule has 25 heteroatoms. The number of aliphatic hydroxyl groups excluding tert-OH is 1. The predicted octanol–water partition coefficient (Wildman–Crippen LogP) is 6.17. The standard InChI is InChI=1S/C44H52N10O11P2S2/c1-51-31-13-7-8-14-36(31)69-40(51)21-28-15-18-52(30-12-6-5-11-29(28)30)17-9-3-2-4-10-20-68-67(59,60)62-25-35-33(23-39(64-35)53-19-16-37(45)50-44(53)56)65-66(57,58)61-24-34-32(55)22-38(63-34)54-27-49-41-42(46)47-26-48-43(41)54/h5-8,11-16,18-19,21,26-27,32-35,38-39,55H,2-4,9-10,17,20,22-25H2,1H3,(H5-,45,46,47,48,50,56,57,58,59,60)/p+1/t32-,33?,34+,35+,38+,39+/m0/s1. The number of hydrogen-bond acceptors (Lipinski definition) is 18. The molecular weight excluding hydrogens is 971 g/mol. The maximum absolute atomic E-state index is 13.4. The van der Waals surface area contributed by atoms with Crippen LogP contribution in [0.2, 0.25) is 0 Å². The van der Waals surface area contributed by atoms with E-state index in [0.717, 1.165) is 48.2 Å². The average molecular weight is 1020 g/mol. The first-order valence-electron chi connectivity index (χ1n) is 22.4. The van der Waals surface area contributed by atoms with Crippen molar-refractivity contribution in [3.8, 4) is 0 Å². The van der Waals surface area contributed by atoms with Gasteiger partial charge < -0.3 is 40.7 Å². The summed E-state index contributed by atoms with van der Waals surface area (Å²) >= 11 is 2.56. The Balaban J connectivity index is 0.736. The second-order valence-electron chi connectivity index (χ2n) is 16.8. The molecule has 9 rings (SSSR count). The summed E-state index contributed by atoms with van der Waals surface area (Å²) in [5.74, 6) is 0.507. The maximum atomic E-state index is 13.4. The summed E-state index contributed by atoms with van der Waals surface area (Å²) in [5.41, 5.74) is 15.1. The number of thioether (sulfide) groups is 1. The van der Waals surface area contributed by atoms with Crippen molar-refractivity contribution in [2.24, 2.45) is 0 Å². The Bertz CT molecular complexity index is 3000. The van der Waals surface area contributed by atoms with Crippen LogP contribution in [0.1, 0.15) is 63.0 Å². The lowest BCUT2D eigenvalue weighted by atomic mass is 10.1. The Morgan fingerprint density at radius 3 is 2.51 bits per heavy atom. The molecule has 69 heavy (non-hydrogen) atoms. The quantitative estimate of drug-likeness (QED) is 0.0325. The number of phosphoric ester groups is 1. The molecule has 3 aliphatic heterocycles. The summed E-state index contributed by atoms with van der Waals surface area (Å²) in [6.45, 7) is -4.43. The third-order valence-corrected chi connectivity index (χ3v) is 17.4. The van der Waals surface area contributed by atoms with Crippen LogP contribution in [0.15, 0.2) is 100 Å². The zero-order valence-electron chi connectivity index (χ0n) is 37.5. The molecule has 0 bridgehead atoms. The van der Waals surface area contributed by atoms with E-state index in [-0.39, 0.29) is 24.5 Å². The van der Waals surface area contributed by atoms with E-state index < -0.39 is 70.4 Å². The van der Waals surface area contributed by atoms with Gasteiger partial charge in [0.05, 0.1) is 41.7 Å². The van der Waals surface area contributed by atoms with Crippen LogP contribution < -0.4 is 26.6 Å². The number of imidazole rings is 1. The van der Waals surface area contributed by atoms with Crippen molar-refractivity contribution >= 4 is 83.2 Å². The smallest absolute Gasteiger partial charge is 0.390 e. The van der Waals surface area contributed by atoms with Gasteiger partial charge >= 0.3 is 20.3 Å². The molecule has 2 saturated heterocycles. The Kier molecular flexibility index (Phi) is 15.2. The highest BCUT2D eigenvalue weighted by Gasteiger charge is 2.44. The molecule has 7 N–H and O–H groups in total. The first-order valence-corrected chi connectivity index (χ1v) is 27.9. The van der Waals surface area contributed by atoms with E-state index in [2.05, 4.69) is 103 Å². The van der Waals surface area contributed by atoms with Crippen molar-refractivity contribution in [2.45, 2.75) is 93.3 Å². The van der Waals surface area contributed by atoms with Crippen molar-refractivity contribution in [2.75, 3.05) is 42.4 Å². The van der Waals surface area contributed by atoms with E-state index in [9.17, 15) is 28.8 Å². The number of ether oxygens (including phenoxy) is 2. The summed E-state index contributed by atoms with van der Waals surface area (Å²) in [5, 5.41) is 13.1. The molecule has 366 valence electrons. The molecule has 4 aromatic heterocycles. The topological polar surface area (TPSA) is 279 Å². The number of aliphatic hydroxyl groups is 1. The highest BCUT2D eigenvalue weighted by Crippen LogP contribution is 2.57.